The van der Waals surface area contributed by atoms with Gasteiger partial charge in [0.1, 0.15) is 11.6 Å². The first-order valence-corrected chi connectivity index (χ1v) is 7.17. The first-order valence-electron chi connectivity index (χ1n) is 7.17. The average Bonchev–Trinajstić information content (AvgIpc) is 2.52. The van der Waals surface area contributed by atoms with Gasteiger partial charge in [-0.05, 0) is 13.1 Å². The molecular weight excluding hydrogens is 286 g/mol. The van der Waals surface area contributed by atoms with Gasteiger partial charge in [0.25, 0.3) is 5.91 Å². The number of aromatic nitrogens is 2. The lowest BCUT2D eigenvalue weighted by Gasteiger charge is -2.54. The van der Waals surface area contributed by atoms with Crippen molar-refractivity contribution in [3.63, 3.8) is 0 Å². The van der Waals surface area contributed by atoms with Crippen LogP contribution in [-0.2, 0) is 9.53 Å². The molecule has 0 bridgehead atoms. The van der Waals surface area contributed by atoms with Gasteiger partial charge in [0.2, 0.25) is 11.7 Å². The lowest BCUT2D eigenvalue weighted by atomic mass is 9.90. The van der Waals surface area contributed by atoms with Crippen molar-refractivity contribution in [3.8, 4) is 0 Å². The lowest BCUT2D eigenvalue weighted by Crippen LogP contribution is -2.73. The van der Waals surface area contributed by atoms with Crippen molar-refractivity contribution >= 4 is 11.8 Å². The van der Waals surface area contributed by atoms with Gasteiger partial charge in [0.05, 0.1) is 19.7 Å². The van der Waals surface area contributed by atoms with E-state index >= 15 is 0 Å². The van der Waals surface area contributed by atoms with Gasteiger partial charge in [-0.1, -0.05) is 0 Å². The number of amides is 2. The normalized spacial score (nSPS) is 23.9. The quantitative estimate of drug-likeness (QED) is 0.734. The van der Waals surface area contributed by atoms with Crippen LogP contribution >= 0.6 is 0 Å². The predicted octanol–water partition coefficient (Wildman–Crippen LogP) is -1.25. The molecule has 0 aromatic carbocycles. The summed E-state index contributed by atoms with van der Waals surface area (Å²) in [5.41, 5.74) is -0.385. The molecule has 0 saturated carbocycles. The number of likely N-dealkylation sites (tertiary alicyclic amines) is 1. The smallest absolute Gasteiger partial charge is 0.291 e. The van der Waals surface area contributed by atoms with Crippen molar-refractivity contribution in [1.29, 1.82) is 0 Å². The molecule has 8 heteroatoms. The predicted molar refractivity (Wildman–Crippen MR) is 77.1 cm³/mol. The Morgan fingerprint density at radius 1 is 1.32 bits per heavy atom. The van der Waals surface area contributed by atoms with Crippen LogP contribution in [0.1, 0.15) is 10.6 Å². The second-order valence-corrected chi connectivity index (χ2v) is 5.77. The van der Waals surface area contributed by atoms with Gasteiger partial charge in [0, 0.05) is 26.0 Å². The van der Waals surface area contributed by atoms with Crippen molar-refractivity contribution in [1.82, 2.24) is 25.1 Å². The number of morpholine rings is 1. The average molecular weight is 305 g/mol. The second kappa shape index (κ2) is 5.62. The molecule has 1 spiro atoms. The maximum atomic E-state index is 12.2. The van der Waals surface area contributed by atoms with Gasteiger partial charge >= 0.3 is 0 Å². The van der Waals surface area contributed by atoms with Crippen LogP contribution in [0.25, 0.3) is 0 Å². The summed E-state index contributed by atoms with van der Waals surface area (Å²) < 4.78 is 5.89. The minimum absolute atomic E-state index is 0.0534. The third kappa shape index (κ3) is 2.55. The molecule has 0 aliphatic carbocycles. The van der Waals surface area contributed by atoms with Gasteiger partial charge in [0.15, 0.2) is 0 Å². The monoisotopic (exact) mass is 305 g/mol. The fourth-order valence-corrected chi connectivity index (χ4v) is 2.97. The van der Waals surface area contributed by atoms with E-state index < -0.39 is 0 Å². The molecular formula is C14H19N5O3. The fraction of sp³-hybridized carbons (Fsp3) is 0.571. The van der Waals surface area contributed by atoms with E-state index in [-0.39, 0.29) is 29.3 Å². The maximum absolute atomic E-state index is 12.2. The third-order valence-corrected chi connectivity index (χ3v) is 4.17. The largest absolute Gasteiger partial charge is 0.368 e. The molecule has 2 saturated heterocycles. The molecule has 1 atom stereocenters. The highest BCUT2D eigenvalue weighted by molar-refractivity contribution is 5.91. The third-order valence-electron chi connectivity index (χ3n) is 4.17. The van der Waals surface area contributed by atoms with Crippen LogP contribution in [0.2, 0.25) is 0 Å². The zero-order chi connectivity index (χ0) is 15.7. The molecule has 118 valence electrons. The number of ether oxygens (including phenoxy) is 1. The van der Waals surface area contributed by atoms with Gasteiger partial charge in [-0.2, -0.15) is 0 Å². The summed E-state index contributed by atoms with van der Waals surface area (Å²) in [6.45, 7) is 1.94. The molecule has 1 N–H and O–H groups in total. The summed E-state index contributed by atoms with van der Waals surface area (Å²) in [5.74, 6) is -0.0436. The maximum Gasteiger partial charge on any atom is 0.291 e. The Bertz CT molecular complexity index is 573. The molecule has 22 heavy (non-hydrogen) atoms. The molecule has 8 nitrogen and oxygen atoms in total. The highest BCUT2D eigenvalue weighted by Gasteiger charge is 2.51. The Kier molecular flexibility index (Phi) is 3.79. The standard InChI is InChI=1S/C14H19N5O3/c1-15-12(20)10-6-22-14(7-18(10)2)8-19(9-14)13(21)11-16-4-3-5-17-11/h3-5,10H,6-9H2,1-2H3,(H,15,20)/t10-/m0/s1. The zero-order valence-electron chi connectivity index (χ0n) is 12.7. The molecule has 2 amide bonds. The van der Waals surface area contributed by atoms with E-state index in [1.165, 1.54) is 0 Å². The Morgan fingerprint density at radius 3 is 2.59 bits per heavy atom. The van der Waals surface area contributed by atoms with Crippen molar-refractivity contribution in [2.75, 3.05) is 40.3 Å². The summed E-state index contributed by atoms with van der Waals surface area (Å²) in [6, 6.07) is 1.39. The molecule has 1 aromatic heterocycles. The first-order chi connectivity index (χ1) is 10.5. The van der Waals surface area contributed by atoms with E-state index in [0.29, 0.717) is 26.2 Å². The molecule has 3 rings (SSSR count). The number of nitrogens with one attached hydrogen (secondary N) is 1. The Labute approximate surface area is 128 Å². The molecule has 2 aliphatic heterocycles. The number of nitrogens with zero attached hydrogens (tertiary/aromatic N) is 4. The summed E-state index contributed by atoms with van der Waals surface area (Å²) in [4.78, 5) is 35.5. The molecule has 2 aliphatic rings. The van der Waals surface area contributed by atoms with E-state index in [2.05, 4.69) is 15.3 Å². The van der Waals surface area contributed by atoms with Crippen LogP contribution in [0.5, 0.6) is 0 Å². The van der Waals surface area contributed by atoms with Crippen LogP contribution < -0.4 is 5.32 Å². The Balaban J connectivity index is 1.59. The van der Waals surface area contributed by atoms with Crippen LogP contribution in [-0.4, -0.2) is 83.6 Å². The van der Waals surface area contributed by atoms with E-state index in [1.807, 2.05) is 11.9 Å². The van der Waals surface area contributed by atoms with E-state index in [1.54, 1.807) is 30.4 Å². The number of carbonyl (C=O) groups is 2. The fourth-order valence-electron chi connectivity index (χ4n) is 2.97. The highest BCUT2D eigenvalue weighted by Crippen LogP contribution is 2.31. The Morgan fingerprint density at radius 2 is 2.00 bits per heavy atom. The molecule has 2 fully saturated rings. The van der Waals surface area contributed by atoms with E-state index in [4.69, 9.17) is 4.74 Å². The van der Waals surface area contributed by atoms with Gasteiger partial charge in [-0.25, -0.2) is 9.97 Å². The molecule has 3 heterocycles. The zero-order valence-corrected chi connectivity index (χ0v) is 12.7. The molecule has 1 aromatic rings. The number of hydrogen-bond donors (Lipinski definition) is 1. The number of likely N-dealkylation sites (N-methyl/N-ethyl adjacent to an activating group) is 2. The summed E-state index contributed by atoms with van der Waals surface area (Å²) in [6.07, 6.45) is 3.10. The molecule has 0 radical (unpaired) electrons. The van der Waals surface area contributed by atoms with Crippen molar-refractivity contribution in [2.24, 2.45) is 0 Å². The van der Waals surface area contributed by atoms with Gasteiger partial charge < -0.3 is 15.0 Å². The second-order valence-electron chi connectivity index (χ2n) is 5.77. The minimum atomic E-state index is -0.385. The first kappa shape index (κ1) is 14.9. The molecule has 0 unspecified atom stereocenters. The van der Waals surface area contributed by atoms with Crippen LogP contribution in [0, 0.1) is 0 Å². The van der Waals surface area contributed by atoms with E-state index in [9.17, 15) is 9.59 Å². The van der Waals surface area contributed by atoms with Crippen molar-refractivity contribution in [3.05, 3.63) is 24.3 Å². The van der Waals surface area contributed by atoms with Crippen LogP contribution in [0.3, 0.4) is 0 Å². The highest BCUT2D eigenvalue weighted by atomic mass is 16.5. The minimum Gasteiger partial charge on any atom is -0.368 e. The summed E-state index contributed by atoms with van der Waals surface area (Å²) in [5, 5.41) is 2.64. The summed E-state index contributed by atoms with van der Waals surface area (Å²) >= 11 is 0. The lowest BCUT2D eigenvalue weighted by molar-refractivity contribution is -0.187. The number of hydrogen-bond acceptors (Lipinski definition) is 6. The van der Waals surface area contributed by atoms with Crippen LogP contribution in [0.4, 0.5) is 0 Å². The number of rotatable bonds is 2. The van der Waals surface area contributed by atoms with Gasteiger partial charge in [-0.15, -0.1) is 0 Å². The topological polar surface area (TPSA) is 87.7 Å². The summed E-state index contributed by atoms with van der Waals surface area (Å²) in [7, 11) is 3.51. The Hall–Kier alpha value is -2.06. The van der Waals surface area contributed by atoms with Crippen LogP contribution in [0.15, 0.2) is 18.5 Å². The van der Waals surface area contributed by atoms with Crippen molar-refractivity contribution < 1.29 is 14.3 Å². The number of carbonyl (C=O) groups excluding carboxylic acids is 2. The van der Waals surface area contributed by atoms with Crippen molar-refractivity contribution in [2.45, 2.75) is 11.6 Å². The van der Waals surface area contributed by atoms with Gasteiger partial charge in [-0.3, -0.25) is 14.5 Å². The van der Waals surface area contributed by atoms with E-state index in [0.717, 1.165) is 0 Å². The SMILES string of the molecule is CNC(=O)[C@@H]1COC2(CN(C(=O)c3ncccn3)C2)CN1C.